The Bertz CT molecular complexity index is 412. The van der Waals surface area contributed by atoms with Crippen LogP contribution in [0.15, 0.2) is 0 Å². The first-order chi connectivity index (χ1) is 10.6. The molecule has 1 unspecified atom stereocenters. The summed E-state index contributed by atoms with van der Waals surface area (Å²) < 4.78 is 0. The van der Waals surface area contributed by atoms with Crippen molar-refractivity contribution in [3.05, 3.63) is 0 Å². The lowest BCUT2D eigenvalue weighted by atomic mass is 9.86. The first-order valence-corrected chi connectivity index (χ1v) is 8.95. The molecular formula is C17H28N2O3. The summed E-state index contributed by atoms with van der Waals surface area (Å²) >= 11 is 0. The Hall–Kier alpha value is -1.26. The van der Waals surface area contributed by atoms with E-state index in [-0.39, 0.29) is 18.0 Å². The maximum Gasteiger partial charge on any atom is 0.317 e. The molecule has 1 atom stereocenters. The second-order valence-electron chi connectivity index (χ2n) is 7.28. The van der Waals surface area contributed by atoms with Gasteiger partial charge in [0, 0.05) is 18.6 Å². The van der Waals surface area contributed by atoms with Crippen molar-refractivity contribution in [3.8, 4) is 0 Å². The fraction of sp³-hybridized carbons (Fsp3) is 0.882. The second-order valence-corrected chi connectivity index (χ2v) is 7.28. The van der Waals surface area contributed by atoms with Gasteiger partial charge in [-0.1, -0.05) is 12.8 Å². The minimum Gasteiger partial charge on any atom is -0.481 e. The van der Waals surface area contributed by atoms with E-state index in [0.717, 1.165) is 32.2 Å². The number of nitrogens with one attached hydrogen (secondary N) is 1. The van der Waals surface area contributed by atoms with Crippen LogP contribution in [0.3, 0.4) is 0 Å². The van der Waals surface area contributed by atoms with E-state index in [1.165, 1.54) is 25.7 Å². The molecule has 2 aliphatic carbocycles. The number of aliphatic carboxylic acids is 1. The summed E-state index contributed by atoms with van der Waals surface area (Å²) in [7, 11) is 0. The minimum absolute atomic E-state index is 0.0909. The molecule has 0 spiro atoms. The summed E-state index contributed by atoms with van der Waals surface area (Å²) in [5.74, 6) is -0.201. The number of amides is 2. The van der Waals surface area contributed by atoms with Crippen molar-refractivity contribution in [3.63, 3.8) is 0 Å². The molecule has 0 bridgehead atoms. The summed E-state index contributed by atoms with van der Waals surface area (Å²) in [5.41, 5.74) is 0. The Kier molecular flexibility index (Phi) is 4.89. The molecule has 124 valence electrons. The van der Waals surface area contributed by atoms with Crippen molar-refractivity contribution in [1.29, 1.82) is 0 Å². The Morgan fingerprint density at radius 2 is 1.59 bits per heavy atom. The lowest BCUT2D eigenvalue weighted by molar-refractivity contribution is -0.142. The van der Waals surface area contributed by atoms with Crippen LogP contribution in [0.25, 0.3) is 0 Å². The zero-order valence-corrected chi connectivity index (χ0v) is 13.3. The van der Waals surface area contributed by atoms with Gasteiger partial charge in [-0.25, -0.2) is 4.79 Å². The average Bonchev–Trinajstić information content (AvgIpc) is 3.18. The van der Waals surface area contributed by atoms with Crippen LogP contribution in [0.4, 0.5) is 4.79 Å². The van der Waals surface area contributed by atoms with Crippen molar-refractivity contribution >= 4 is 12.0 Å². The number of urea groups is 1. The standard InChI is InChI=1S/C17H28N2O3/c20-16(21)13-7-9-14(10-8-13)18-17(22)19-11-3-6-15(19)12-4-1-2-5-12/h12-15H,1-11H2,(H,18,22)(H,20,21). The van der Waals surface area contributed by atoms with Gasteiger partial charge in [0.05, 0.1) is 5.92 Å². The Morgan fingerprint density at radius 1 is 0.909 bits per heavy atom. The zero-order valence-electron chi connectivity index (χ0n) is 13.3. The van der Waals surface area contributed by atoms with Crippen LogP contribution in [-0.4, -0.2) is 40.6 Å². The molecule has 3 aliphatic rings. The summed E-state index contributed by atoms with van der Waals surface area (Å²) in [6.07, 6.45) is 10.4. The summed E-state index contributed by atoms with van der Waals surface area (Å²) in [4.78, 5) is 25.7. The van der Waals surface area contributed by atoms with E-state index < -0.39 is 5.97 Å². The third-order valence-electron chi connectivity index (χ3n) is 5.91. The highest BCUT2D eigenvalue weighted by Crippen LogP contribution is 2.35. The number of carboxylic acids is 1. The molecule has 2 saturated carbocycles. The summed E-state index contributed by atoms with van der Waals surface area (Å²) in [6, 6.07) is 0.693. The minimum atomic E-state index is -0.689. The number of carbonyl (C=O) groups is 2. The molecule has 22 heavy (non-hydrogen) atoms. The quantitative estimate of drug-likeness (QED) is 0.842. The van der Waals surface area contributed by atoms with Crippen LogP contribution in [-0.2, 0) is 4.79 Å². The van der Waals surface area contributed by atoms with Gasteiger partial charge in [-0.3, -0.25) is 4.79 Å². The molecule has 2 amide bonds. The molecule has 0 radical (unpaired) electrons. The first-order valence-electron chi connectivity index (χ1n) is 8.95. The van der Waals surface area contributed by atoms with Crippen LogP contribution in [0.2, 0.25) is 0 Å². The van der Waals surface area contributed by atoms with Crippen LogP contribution in [0.5, 0.6) is 0 Å². The maximum absolute atomic E-state index is 12.6. The van der Waals surface area contributed by atoms with E-state index in [2.05, 4.69) is 10.2 Å². The van der Waals surface area contributed by atoms with Gasteiger partial charge in [-0.05, 0) is 57.3 Å². The molecule has 2 N–H and O–H groups in total. The summed E-state index contributed by atoms with van der Waals surface area (Å²) in [5, 5.41) is 12.2. The predicted molar refractivity (Wildman–Crippen MR) is 83.6 cm³/mol. The highest BCUT2D eigenvalue weighted by molar-refractivity contribution is 5.75. The van der Waals surface area contributed by atoms with Gasteiger partial charge in [-0.15, -0.1) is 0 Å². The first kappa shape index (κ1) is 15.6. The number of likely N-dealkylation sites (tertiary alicyclic amines) is 1. The van der Waals surface area contributed by atoms with Gasteiger partial charge in [0.2, 0.25) is 0 Å². The number of nitrogens with zero attached hydrogens (tertiary/aromatic N) is 1. The van der Waals surface area contributed by atoms with E-state index in [9.17, 15) is 9.59 Å². The number of rotatable bonds is 3. The van der Waals surface area contributed by atoms with Crippen molar-refractivity contribution < 1.29 is 14.7 Å². The highest BCUT2D eigenvalue weighted by atomic mass is 16.4. The summed E-state index contributed by atoms with van der Waals surface area (Å²) in [6.45, 7) is 0.886. The van der Waals surface area contributed by atoms with E-state index in [4.69, 9.17) is 5.11 Å². The second kappa shape index (κ2) is 6.88. The van der Waals surface area contributed by atoms with Crippen molar-refractivity contribution in [1.82, 2.24) is 10.2 Å². The van der Waals surface area contributed by atoms with Crippen molar-refractivity contribution in [2.45, 2.75) is 76.3 Å². The SMILES string of the molecule is O=C(O)C1CCC(NC(=O)N2CCCC2C2CCCC2)CC1. The third kappa shape index (κ3) is 3.39. The molecule has 1 heterocycles. The van der Waals surface area contributed by atoms with E-state index in [1.54, 1.807) is 0 Å². The third-order valence-corrected chi connectivity index (χ3v) is 5.91. The van der Waals surface area contributed by atoms with E-state index in [0.29, 0.717) is 24.8 Å². The topological polar surface area (TPSA) is 69.6 Å². The largest absolute Gasteiger partial charge is 0.481 e. The molecule has 1 saturated heterocycles. The lowest BCUT2D eigenvalue weighted by Gasteiger charge is -2.33. The van der Waals surface area contributed by atoms with Gasteiger partial charge in [0.15, 0.2) is 0 Å². The number of hydrogen-bond acceptors (Lipinski definition) is 2. The maximum atomic E-state index is 12.6. The fourth-order valence-corrected chi connectivity index (χ4v) is 4.62. The Balaban J connectivity index is 1.50. The molecule has 0 aromatic carbocycles. The fourth-order valence-electron chi connectivity index (χ4n) is 4.62. The van der Waals surface area contributed by atoms with E-state index >= 15 is 0 Å². The van der Waals surface area contributed by atoms with Crippen molar-refractivity contribution in [2.75, 3.05) is 6.54 Å². The zero-order chi connectivity index (χ0) is 15.5. The molecule has 0 aromatic rings. The normalized spacial score (nSPS) is 33.1. The Morgan fingerprint density at radius 3 is 2.23 bits per heavy atom. The molecular weight excluding hydrogens is 280 g/mol. The van der Waals surface area contributed by atoms with E-state index in [1.807, 2.05) is 0 Å². The predicted octanol–water partition coefficient (Wildman–Crippen LogP) is 2.99. The lowest BCUT2D eigenvalue weighted by Crippen LogP contribution is -2.49. The van der Waals surface area contributed by atoms with Gasteiger partial charge in [0.25, 0.3) is 0 Å². The van der Waals surface area contributed by atoms with Gasteiger partial charge < -0.3 is 15.3 Å². The average molecular weight is 308 g/mol. The number of carbonyl (C=O) groups excluding carboxylic acids is 1. The molecule has 5 heteroatoms. The van der Waals surface area contributed by atoms with Crippen LogP contribution in [0.1, 0.15) is 64.2 Å². The van der Waals surface area contributed by atoms with Gasteiger partial charge in [-0.2, -0.15) is 0 Å². The monoisotopic (exact) mass is 308 g/mol. The van der Waals surface area contributed by atoms with Gasteiger partial charge in [0.1, 0.15) is 0 Å². The van der Waals surface area contributed by atoms with Gasteiger partial charge >= 0.3 is 12.0 Å². The number of hydrogen-bond donors (Lipinski definition) is 2. The molecule has 3 rings (SSSR count). The Labute approximate surface area is 132 Å². The van der Waals surface area contributed by atoms with Crippen molar-refractivity contribution in [2.24, 2.45) is 11.8 Å². The molecule has 0 aromatic heterocycles. The number of carboxylic acid groups (broad SMARTS) is 1. The smallest absolute Gasteiger partial charge is 0.317 e. The molecule has 3 fully saturated rings. The molecule has 1 aliphatic heterocycles. The van der Waals surface area contributed by atoms with Crippen LogP contribution >= 0.6 is 0 Å². The molecule has 5 nitrogen and oxygen atoms in total. The van der Waals surface area contributed by atoms with Crippen LogP contribution < -0.4 is 5.32 Å². The highest BCUT2D eigenvalue weighted by Gasteiger charge is 2.37. The van der Waals surface area contributed by atoms with Crippen LogP contribution in [0, 0.1) is 11.8 Å².